The Kier molecular flexibility index (Phi) is 7.01. The lowest BCUT2D eigenvalue weighted by Crippen LogP contribution is -2.03. The predicted molar refractivity (Wildman–Crippen MR) is 55.9 cm³/mol. The summed E-state index contributed by atoms with van der Waals surface area (Å²) in [4.78, 5) is 18.9. The van der Waals surface area contributed by atoms with E-state index in [0.29, 0.717) is 5.88 Å². The Hall–Kier alpha value is -1.55. The smallest absolute Gasteiger partial charge is 0.314 e. The van der Waals surface area contributed by atoms with E-state index in [1.165, 1.54) is 5.56 Å². The zero-order valence-corrected chi connectivity index (χ0v) is 8.65. The second-order valence-corrected chi connectivity index (χ2v) is 2.85. The Morgan fingerprint density at radius 1 is 1.07 bits per heavy atom. The van der Waals surface area contributed by atoms with Crippen molar-refractivity contribution in [2.24, 2.45) is 0 Å². The van der Waals surface area contributed by atoms with Crippen LogP contribution in [0, 0.1) is 0 Å². The van der Waals surface area contributed by atoms with Crippen molar-refractivity contribution in [3.8, 4) is 0 Å². The van der Waals surface area contributed by atoms with Gasteiger partial charge in [0.2, 0.25) is 0 Å². The van der Waals surface area contributed by atoms with Gasteiger partial charge >= 0.3 is 11.9 Å². The number of alkyl halides is 1. The molecule has 0 amide bonds. The highest BCUT2D eigenvalue weighted by molar-refractivity contribution is 6.17. The largest absolute Gasteiger partial charge is 0.481 e. The van der Waals surface area contributed by atoms with Gasteiger partial charge in [0.05, 0.1) is 0 Å². The molecule has 0 aliphatic carbocycles. The summed E-state index contributed by atoms with van der Waals surface area (Å²) in [7, 11) is 0. The average molecular weight is 231 g/mol. The molecule has 5 heteroatoms. The fraction of sp³-hybridized carbons (Fsp3) is 0.200. The topological polar surface area (TPSA) is 74.6 Å². The monoisotopic (exact) mass is 230 g/mol. The second-order valence-electron chi connectivity index (χ2n) is 2.58. The molecule has 0 bridgehead atoms. The fourth-order valence-electron chi connectivity index (χ4n) is 0.696. The highest BCUT2D eigenvalue weighted by Gasteiger charge is 2.01. The minimum Gasteiger partial charge on any atom is -0.481 e. The first kappa shape index (κ1) is 13.4. The molecule has 0 aliphatic heterocycles. The van der Waals surface area contributed by atoms with Crippen LogP contribution in [0.25, 0.3) is 0 Å². The molecule has 0 saturated carbocycles. The van der Waals surface area contributed by atoms with Gasteiger partial charge < -0.3 is 10.2 Å². The quantitative estimate of drug-likeness (QED) is 0.615. The predicted octanol–water partition coefficient (Wildman–Crippen LogP) is 1.97. The normalized spacial score (nSPS) is 8.60. The van der Waals surface area contributed by atoms with E-state index in [4.69, 9.17) is 21.8 Å². The number of carboxylic acids is 2. The molecule has 0 fully saturated rings. The van der Waals surface area contributed by atoms with Crippen LogP contribution in [0.1, 0.15) is 12.0 Å². The lowest BCUT2D eigenvalue weighted by atomic mass is 10.2. The van der Waals surface area contributed by atoms with Crippen molar-refractivity contribution < 1.29 is 19.8 Å². The number of hydrogen-bond acceptors (Lipinski definition) is 2. The summed E-state index contributed by atoms with van der Waals surface area (Å²) in [5, 5.41) is 15.4. The molecule has 1 aromatic carbocycles. The summed E-state index contributed by atoms with van der Waals surface area (Å²) in [6, 6.07) is 9.96. The Morgan fingerprint density at radius 2 is 1.53 bits per heavy atom. The number of carbonyl (C=O) groups is 2. The van der Waals surface area contributed by atoms with Crippen LogP contribution in [0.5, 0.6) is 0 Å². The van der Waals surface area contributed by atoms with Crippen molar-refractivity contribution in [1.82, 2.24) is 0 Å². The number of hydrogen-bond donors (Lipinski definition) is 2. The molecule has 0 aromatic heterocycles. The van der Waals surface area contributed by atoms with Crippen LogP contribution in [-0.4, -0.2) is 22.2 Å². The Morgan fingerprint density at radius 3 is 1.73 bits per heavy atom. The lowest BCUT2D eigenvalue weighted by molar-refractivity contribution is -0.147. The van der Waals surface area contributed by atoms with Gasteiger partial charge in [0.15, 0.2) is 0 Å². The van der Waals surface area contributed by atoms with Gasteiger partial charge in [-0.15, -0.1) is 11.6 Å². The highest BCUT2D eigenvalue weighted by atomic mass is 35.5. The van der Waals surface area contributed by atoms with E-state index < -0.39 is 18.4 Å². The first-order valence-corrected chi connectivity index (χ1v) is 4.63. The zero-order valence-electron chi connectivity index (χ0n) is 7.89. The summed E-state index contributed by atoms with van der Waals surface area (Å²) >= 11 is 5.53. The van der Waals surface area contributed by atoms with Crippen LogP contribution in [-0.2, 0) is 15.5 Å². The van der Waals surface area contributed by atoms with Crippen molar-refractivity contribution in [2.75, 3.05) is 0 Å². The molecule has 82 valence electrons. The van der Waals surface area contributed by atoms with Crippen LogP contribution < -0.4 is 0 Å². The molecule has 2 N–H and O–H groups in total. The third kappa shape index (κ3) is 8.77. The molecule has 0 spiro atoms. The molecule has 0 heterocycles. The van der Waals surface area contributed by atoms with E-state index in [0.717, 1.165) is 0 Å². The van der Waals surface area contributed by atoms with Gasteiger partial charge in [-0.05, 0) is 5.56 Å². The van der Waals surface area contributed by atoms with Gasteiger partial charge in [-0.2, -0.15) is 0 Å². The van der Waals surface area contributed by atoms with E-state index >= 15 is 0 Å². The van der Waals surface area contributed by atoms with Crippen molar-refractivity contribution in [1.29, 1.82) is 0 Å². The number of benzene rings is 1. The minimum absolute atomic E-state index is 0.612. The molecule has 1 aromatic rings. The van der Waals surface area contributed by atoms with Crippen molar-refractivity contribution >= 4 is 23.5 Å². The van der Waals surface area contributed by atoms with Crippen molar-refractivity contribution in [3.05, 3.63) is 35.9 Å². The van der Waals surface area contributed by atoms with E-state index in [9.17, 15) is 9.59 Å². The lowest BCUT2D eigenvalue weighted by Gasteiger charge is -1.88. The summed E-state index contributed by atoms with van der Waals surface area (Å²) in [6.45, 7) is 0. The van der Waals surface area contributed by atoms with Gasteiger partial charge in [0, 0.05) is 5.88 Å². The van der Waals surface area contributed by atoms with Crippen LogP contribution in [0.3, 0.4) is 0 Å². The first-order valence-electron chi connectivity index (χ1n) is 4.09. The third-order valence-electron chi connectivity index (χ3n) is 1.30. The molecular weight excluding hydrogens is 220 g/mol. The molecule has 15 heavy (non-hydrogen) atoms. The third-order valence-corrected chi connectivity index (χ3v) is 1.61. The highest BCUT2D eigenvalue weighted by Crippen LogP contribution is 2.00. The fourth-order valence-corrected chi connectivity index (χ4v) is 0.875. The van der Waals surface area contributed by atoms with E-state index in [1.54, 1.807) is 0 Å². The van der Waals surface area contributed by atoms with Crippen LogP contribution in [0.15, 0.2) is 30.3 Å². The summed E-state index contributed by atoms with van der Waals surface area (Å²) in [6.07, 6.45) is -0.806. The standard InChI is InChI=1S/C7H7Cl.C3H4O4/c8-6-7-4-2-1-3-5-7;4-2(5)1-3(6)7/h1-5H,6H2;1H2,(H,4,5)(H,6,7). The summed E-state index contributed by atoms with van der Waals surface area (Å²) in [5.74, 6) is -2.01. The van der Waals surface area contributed by atoms with Crippen LogP contribution in [0.4, 0.5) is 0 Å². The Labute approximate surface area is 92.1 Å². The number of halogens is 1. The molecular formula is C10H11ClO4. The van der Waals surface area contributed by atoms with Gasteiger partial charge in [0.1, 0.15) is 6.42 Å². The molecule has 4 nitrogen and oxygen atoms in total. The minimum atomic E-state index is -1.31. The van der Waals surface area contributed by atoms with Crippen molar-refractivity contribution in [2.45, 2.75) is 12.3 Å². The number of aliphatic carboxylic acids is 2. The maximum absolute atomic E-state index is 9.43. The van der Waals surface area contributed by atoms with Crippen molar-refractivity contribution in [3.63, 3.8) is 0 Å². The van der Waals surface area contributed by atoms with Gasteiger partial charge in [-0.1, -0.05) is 30.3 Å². The maximum atomic E-state index is 9.43. The molecule has 0 atom stereocenters. The summed E-state index contributed by atoms with van der Waals surface area (Å²) in [5.41, 5.74) is 1.18. The van der Waals surface area contributed by atoms with Gasteiger partial charge in [-0.3, -0.25) is 9.59 Å². The molecule has 0 radical (unpaired) electrons. The van der Waals surface area contributed by atoms with Gasteiger partial charge in [0.25, 0.3) is 0 Å². The first-order chi connectivity index (χ1) is 7.06. The number of carboxylic acid groups (broad SMARTS) is 2. The Bertz CT molecular complexity index is 298. The zero-order chi connectivity index (χ0) is 11.7. The van der Waals surface area contributed by atoms with Crippen LogP contribution in [0.2, 0.25) is 0 Å². The van der Waals surface area contributed by atoms with E-state index in [2.05, 4.69) is 0 Å². The molecule has 0 unspecified atom stereocenters. The molecule has 0 aliphatic rings. The van der Waals surface area contributed by atoms with Gasteiger partial charge in [-0.25, -0.2) is 0 Å². The Balaban J connectivity index is 0.000000265. The molecule has 0 saturated heterocycles. The van der Waals surface area contributed by atoms with E-state index in [1.807, 2.05) is 30.3 Å². The maximum Gasteiger partial charge on any atom is 0.314 e. The SMILES string of the molecule is ClCc1ccccc1.O=C(O)CC(=O)O. The summed E-state index contributed by atoms with van der Waals surface area (Å²) < 4.78 is 0. The second kappa shape index (κ2) is 7.82. The van der Waals surface area contributed by atoms with Crippen LogP contribution >= 0.6 is 11.6 Å². The van der Waals surface area contributed by atoms with E-state index in [-0.39, 0.29) is 0 Å². The average Bonchev–Trinajstić information content (AvgIpc) is 2.18. The molecule has 1 rings (SSSR count). The number of rotatable bonds is 3.